The average Bonchev–Trinajstić information content (AvgIpc) is 2.31. The fourth-order valence-electron chi connectivity index (χ4n) is 2.33. The van der Waals surface area contributed by atoms with Crippen molar-refractivity contribution < 1.29 is 9.47 Å². The Labute approximate surface area is 131 Å². The smallest absolute Gasteiger partial charge is 0.137 e. The van der Waals surface area contributed by atoms with Crippen molar-refractivity contribution in [1.29, 1.82) is 0 Å². The molecule has 0 atom stereocenters. The van der Waals surface area contributed by atoms with Crippen molar-refractivity contribution in [2.75, 3.05) is 13.7 Å². The number of halogens is 2. The molecule has 0 unspecified atom stereocenters. The number of hydrogen-bond donors (Lipinski definition) is 1. The molecule has 1 saturated carbocycles. The number of rotatable bonds is 6. The zero-order chi connectivity index (χ0) is 13.8. The van der Waals surface area contributed by atoms with Crippen LogP contribution in [0.5, 0.6) is 5.75 Å². The molecule has 0 saturated heterocycles. The summed E-state index contributed by atoms with van der Waals surface area (Å²) in [5, 5.41) is 3.55. The second-order valence-electron chi connectivity index (χ2n) is 4.71. The Bertz CT molecular complexity index is 434. The normalized spacial score (nSPS) is 22.1. The lowest BCUT2D eigenvalue weighted by Gasteiger charge is -2.35. The minimum atomic E-state index is 0.443. The third-order valence-corrected chi connectivity index (χ3v) is 4.41. The van der Waals surface area contributed by atoms with E-state index in [0.717, 1.165) is 46.3 Å². The van der Waals surface area contributed by atoms with Gasteiger partial charge in [-0.3, -0.25) is 0 Å². The van der Waals surface area contributed by atoms with E-state index in [0.29, 0.717) is 12.1 Å². The molecule has 0 radical (unpaired) electrons. The number of hydrogen-bond acceptors (Lipinski definition) is 3. The van der Waals surface area contributed by atoms with Crippen molar-refractivity contribution in [3.63, 3.8) is 0 Å². The highest BCUT2D eigenvalue weighted by Crippen LogP contribution is 2.33. The molecule has 1 fully saturated rings. The maximum absolute atomic E-state index is 5.56. The first kappa shape index (κ1) is 15.3. The fourth-order valence-corrected chi connectivity index (χ4v) is 3.81. The van der Waals surface area contributed by atoms with Gasteiger partial charge in [0.05, 0.1) is 17.7 Å². The van der Waals surface area contributed by atoms with Crippen LogP contribution in [-0.4, -0.2) is 25.9 Å². The molecule has 1 aliphatic rings. The first-order valence-electron chi connectivity index (χ1n) is 6.51. The van der Waals surface area contributed by atoms with E-state index in [1.54, 1.807) is 7.11 Å². The van der Waals surface area contributed by atoms with Crippen LogP contribution >= 0.6 is 31.9 Å². The van der Waals surface area contributed by atoms with Crippen molar-refractivity contribution >= 4 is 31.9 Å². The second-order valence-corrected chi connectivity index (χ2v) is 6.48. The van der Waals surface area contributed by atoms with Crippen LogP contribution in [0.25, 0.3) is 0 Å². The van der Waals surface area contributed by atoms with Gasteiger partial charge >= 0.3 is 0 Å². The van der Waals surface area contributed by atoms with Gasteiger partial charge in [-0.15, -0.1) is 0 Å². The third kappa shape index (κ3) is 3.94. The summed E-state index contributed by atoms with van der Waals surface area (Å²) in [5.74, 6) is 0.899. The summed E-state index contributed by atoms with van der Waals surface area (Å²) in [4.78, 5) is 0. The van der Waals surface area contributed by atoms with Gasteiger partial charge in [0.1, 0.15) is 5.75 Å². The summed E-state index contributed by atoms with van der Waals surface area (Å²) < 4.78 is 13.0. The monoisotopic (exact) mass is 391 g/mol. The van der Waals surface area contributed by atoms with Gasteiger partial charge in [0, 0.05) is 29.2 Å². The number of methoxy groups -OCH3 is 1. The predicted molar refractivity (Wildman–Crippen MR) is 83.7 cm³/mol. The van der Waals surface area contributed by atoms with Crippen LogP contribution in [0.1, 0.15) is 25.3 Å². The standard InChI is InChI=1S/C14H19Br2NO2/c1-3-19-12-6-11(7-12)17-8-9-4-10(15)5-13(16)14(9)18-2/h4-5,11-12,17H,3,6-8H2,1-2H3. The lowest BCUT2D eigenvalue weighted by Crippen LogP contribution is -2.45. The van der Waals surface area contributed by atoms with E-state index in [4.69, 9.17) is 9.47 Å². The van der Waals surface area contributed by atoms with Gasteiger partial charge in [-0.2, -0.15) is 0 Å². The molecule has 106 valence electrons. The highest BCUT2D eigenvalue weighted by Gasteiger charge is 2.29. The quantitative estimate of drug-likeness (QED) is 0.796. The second kappa shape index (κ2) is 7.07. The first-order valence-corrected chi connectivity index (χ1v) is 8.09. The Morgan fingerprint density at radius 2 is 2.05 bits per heavy atom. The summed E-state index contributed by atoms with van der Waals surface area (Å²) in [5.41, 5.74) is 1.16. The first-order chi connectivity index (χ1) is 9.13. The molecule has 0 bridgehead atoms. The summed E-state index contributed by atoms with van der Waals surface area (Å²) in [7, 11) is 1.70. The van der Waals surface area contributed by atoms with Crippen molar-refractivity contribution in [1.82, 2.24) is 5.32 Å². The summed E-state index contributed by atoms with van der Waals surface area (Å²) >= 11 is 7.03. The maximum atomic E-state index is 5.56. The largest absolute Gasteiger partial charge is 0.495 e. The summed E-state index contributed by atoms with van der Waals surface area (Å²) in [6.45, 7) is 3.67. The molecule has 0 spiro atoms. The van der Waals surface area contributed by atoms with E-state index in [-0.39, 0.29) is 0 Å². The molecule has 19 heavy (non-hydrogen) atoms. The summed E-state index contributed by atoms with van der Waals surface area (Å²) in [6.07, 6.45) is 2.65. The van der Waals surface area contributed by atoms with Crippen LogP contribution in [0.15, 0.2) is 21.1 Å². The van der Waals surface area contributed by atoms with Crippen molar-refractivity contribution in [3.8, 4) is 5.75 Å². The SMILES string of the molecule is CCOC1CC(NCc2cc(Br)cc(Br)c2OC)C1. The van der Waals surface area contributed by atoms with Gasteiger partial charge in [-0.25, -0.2) is 0 Å². The lowest BCUT2D eigenvalue weighted by molar-refractivity contribution is -0.0102. The van der Waals surface area contributed by atoms with E-state index >= 15 is 0 Å². The van der Waals surface area contributed by atoms with Gasteiger partial charge < -0.3 is 14.8 Å². The molecule has 3 nitrogen and oxygen atoms in total. The molecule has 0 heterocycles. The third-order valence-electron chi connectivity index (χ3n) is 3.37. The molecular weight excluding hydrogens is 374 g/mol. The zero-order valence-electron chi connectivity index (χ0n) is 11.2. The molecule has 1 N–H and O–H groups in total. The number of ether oxygens (including phenoxy) is 2. The molecule has 0 aromatic heterocycles. The zero-order valence-corrected chi connectivity index (χ0v) is 14.4. The molecule has 0 amide bonds. The highest BCUT2D eigenvalue weighted by molar-refractivity contribution is 9.11. The van der Waals surface area contributed by atoms with E-state index in [1.807, 2.05) is 13.0 Å². The minimum Gasteiger partial charge on any atom is -0.495 e. The van der Waals surface area contributed by atoms with Crippen molar-refractivity contribution in [2.24, 2.45) is 0 Å². The highest BCUT2D eigenvalue weighted by atomic mass is 79.9. The van der Waals surface area contributed by atoms with Crippen molar-refractivity contribution in [2.45, 2.75) is 38.5 Å². The van der Waals surface area contributed by atoms with E-state index in [1.165, 1.54) is 0 Å². The van der Waals surface area contributed by atoms with Gasteiger partial charge in [0.2, 0.25) is 0 Å². The Hall–Kier alpha value is -0.100. The molecule has 1 aromatic rings. The number of nitrogens with one attached hydrogen (secondary N) is 1. The molecule has 1 aromatic carbocycles. The molecule has 2 rings (SSSR count). The molecule has 5 heteroatoms. The van der Waals surface area contributed by atoms with Gasteiger partial charge in [-0.05, 0) is 47.8 Å². The van der Waals surface area contributed by atoms with Crippen LogP contribution < -0.4 is 10.1 Å². The Morgan fingerprint density at radius 1 is 1.32 bits per heavy atom. The van der Waals surface area contributed by atoms with Gasteiger partial charge in [0.15, 0.2) is 0 Å². The van der Waals surface area contributed by atoms with Crippen LogP contribution in [-0.2, 0) is 11.3 Å². The fraction of sp³-hybridized carbons (Fsp3) is 0.571. The topological polar surface area (TPSA) is 30.5 Å². The van der Waals surface area contributed by atoms with E-state index in [9.17, 15) is 0 Å². The maximum Gasteiger partial charge on any atom is 0.137 e. The average molecular weight is 393 g/mol. The Balaban J connectivity index is 1.90. The van der Waals surface area contributed by atoms with Gasteiger partial charge in [-0.1, -0.05) is 15.9 Å². The van der Waals surface area contributed by atoms with Crippen LogP contribution in [0, 0.1) is 0 Å². The van der Waals surface area contributed by atoms with Crippen LogP contribution in [0.3, 0.4) is 0 Å². The number of benzene rings is 1. The van der Waals surface area contributed by atoms with Crippen LogP contribution in [0.4, 0.5) is 0 Å². The van der Waals surface area contributed by atoms with Crippen molar-refractivity contribution in [3.05, 3.63) is 26.6 Å². The molecular formula is C14H19Br2NO2. The van der Waals surface area contributed by atoms with Gasteiger partial charge in [0.25, 0.3) is 0 Å². The molecule has 1 aliphatic carbocycles. The van der Waals surface area contributed by atoms with E-state index < -0.39 is 0 Å². The summed E-state index contributed by atoms with van der Waals surface area (Å²) in [6, 6.07) is 4.64. The Morgan fingerprint density at radius 3 is 2.68 bits per heavy atom. The predicted octanol–water partition coefficient (Wildman–Crippen LogP) is 3.88. The van der Waals surface area contributed by atoms with E-state index in [2.05, 4.69) is 43.2 Å². The Kier molecular flexibility index (Phi) is 5.69. The lowest BCUT2D eigenvalue weighted by atomic mass is 9.89. The minimum absolute atomic E-state index is 0.443. The molecule has 0 aliphatic heterocycles. The van der Waals surface area contributed by atoms with Crippen LogP contribution in [0.2, 0.25) is 0 Å².